The molecule has 2 amide bonds. The molecule has 0 aromatic carbocycles. The second-order valence-electron chi connectivity index (χ2n) is 6.61. The number of hydrogen-bond donors (Lipinski definition) is 1. The lowest BCUT2D eigenvalue weighted by Crippen LogP contribution is -2.54. The van der Waals surface area contributed by atoms with Crippen LogP contribution in [0.3, 0.4) is 0 Å². The third kappa shape index (κ3) is 4.24. The minimum absolute atomic E-state index is 0.0127. The Kier molecular flexibility index (Phi) is 5.15. The van der Waals surface area contributed by atoms with Crippen molar-refractivity contribution in [3.05, 3.63) is 30.1 Å². The smallest absolute Gasteiger partial charge is 0.343 e. The lowest BCUT2D eigenvalue weighted by Gasteiger charge is -2.44. The van der Waals surface area contributed by atoms with E-state index in [0.29, 0.717) is 5.56 Å². The van der Waals surface area contributed by atoms with Gasteiger partial charge in [-0.25, -0.2) is 0 Å². The standard InChI is InChI=1S/C16H20F3N3O2/c1-15(2)10-22(7-5-12(15)16(17,18)19)13(23)9-21-14(24)11-4-3-6-20-8-11/h3-4,6,8,12H,5,7,9-10H2,1-2H3,(H,21,24)/t12-/m0/s1. The van der Waals surface area contributed by atoms with Crippen molar-refractivity contribution in [2.75, 3.05) is 19.6 Å². The molecule has 0 aliphatic carbocycles. The van der Waals surface area contributed by atoms with Crippen molar-refractivity contribution in [2.45, 2.75) is 26.4 Å². The summed E-state index contributed by atoms with van der Waals surface area (Å²) in [5.74, 6) is -2.26. The number of likely N-dealkylation sites (tertiary alicyclic amines) is 1. The van der Waals surface area contributed by atoms with Crippen LogP contribution in [0, 0.1) is 11.3 Å². The lowest BCUT2D eigenvalue weighted by molar-refractivity contribution is -0.217. The number of carbonyl (C=O) groups is 2. The molecule has 1 saturated heterocycles. The van der Waals surface area contributed by atoms with E-state index in [-0.39, 0.29) is 32.0 Å². The normalized spacial score (nSPS) is 20.5. The molecule has 1 N–H and O–H groups in total. The van der Waals surface area contributed by atoms with Crippen molar-refractivity contribution in [3.63, 3.8) is 0 Å². The van der Waals surface area contributed by atoms with E-state index >= 15 is 0 Å². The van der Waals surface area contributed by atoms with Crippen molar-refractivity contribution in [2.24, 2.45) is 11.3 Å². The maximum atomic E-state index is 13.0. The molecule has 2 heterocycles. The number of hydrogen-bond acceptors (Lipinski definition) is 3. The van der Waals surface area contributed by atoms with Crippen LogP contribution in [0.25, 0.3) is 0 Å². The first-order valence-corrected chi connectivity index (χ1v) is 7.64. The Labute approximate surface area is 138 Å². The minimum Gasteiger partial charge on any atom is -0.343 e. The third-order valence-corrected chi connectivity index (χ3v) is 4.30. The molecule has 1 aliphatic heterocycles. The number of pyridine rings is 1. The van der Waals surface area contributed by atoms with Gasteiger partial charge in [0.15, 0.2) is 0 Å². The minimum atomic E-state index is -4.27. The highest BCUT2D eigenvalue weighted by Crippen LogP contribution is 2.44. The summed E-state index contributed by atoms with van der Waals surface area (Å²) in [4.78, 5) is 29.3. The molecule has 0 radical (unpaired) electrons. The highest BCUT2D eigenvalue weighted by atomic mass is 19.4. The van der Waals surface area contributed by atoms with E-state index < -0.39 is 23.4 Å². The van der Waals surface area contributed by atoms with Gasteiger partial charge >= 0.3 is 6.18 Å². The van der Waals surface area contributed by atoms with E-state index in [9.17, 15) is 22.8 Å². The van der Waals surface area contributed by atoms with E-state index in [4.69, 9.17) is 0 Å². The number of nitrogens with one attached hydrogen (secondary N) is 1. The van der Waals surface area contributed by atoms with Gasteiger partial charge in [-0.15, -0.1) is 0 Å². The maximum Gasteiger partial charge on any atom is 0.392 e. The summed E-state index contributed by atoms with van der Waals surface area (Å²) < 4.78 is 39.1. The van der Waals surface area contributed by atoms with Crippen molar-refractivity contribution < 1.29 is 22.8 Å². The van der Waals surface area contributed by atoms with Crippen molar-refractivity contribution >= 4 is 11.8 Å². The monoisotopic (exact) mass is 343 g/mol. The molecule has 1 atom stereocenters. The molecule has 1 fully saturated rings. The topological polar surface area (TPSA) is 62.3 Å². The quantitative estimate of drug-likeness (QED) is 0.916. The number of aromatic nitrogens is 1. The molecule has 132 valence electrons. The van der Waals surface area contributed by atoms with Crippen LogP contribution in [0.1, 0.15) is 30.6 Å². The predicted octanol–water partition coefficient (Wildman–Crippen LogP) is 2.25. The molecule has 1 aromatic rings. The molecular formula is C16H20F3N3O2. The first-order valence-electron chi connectivity index (χ1n) is 7.64. The summed E-state index contributed by atoms with van der Waals surface area (Å²) in [5, 5.41) is 2.47. The van der Waals surface area contributed by atoms with Crippen molar-refractivity contribution in [1.29, 1.82) is 0 Å². The van der Waals surface area contributed by atoms with Gasteiger partial charge in [0.2, 0.25) is 5.91 Å². The number of alkyl halides is 3. The van der Waals surface area contributed by atoms with Crippen LogP contribution in [-0.4, -0.2) is 47.5 Å². The molecule has 5 nitrogen and oxygen atoms in total. The fourth-order valence-corrected chi connectivity index (χ4v) is 3.04. The van der Waals surface area contributed by atoms with Crippen molar-refractivity contribution in [1.82, 2.24) is 15.2 Å². The first kappa shape index (κ1) is 18.2. The number of amides is 2. The number of rotatable bonds is 3. The fraction of sp³-hybridized carbons (Fsp3) is 0.562. The number of piperidine rings is 1. The van der Waals surface area contributed by atoms with Crippen LogP contribution >= 0.6 is 0 Å². The van der Waals surface area contributed by atoms with Crippen LogP contribution in [0.2, 0.25) is 0 Å². The lowest BCUT2D eigenvalue weighted by atomic mass is 9.73. The summed E-state index contributed by atoms with van der Waals surface area (Å²) in [7, 11) is 0. The van der Waals surface area contributed by atoms with Gasteiger partial charge in [0.05, 0.1) is 18.0 Å². The largest absolute Gasteiger partial charge is 0.392 e. The predicted molar refractivity (Wildman–Crippen MR) is 81.1 cm³/mol. The van der Waals surface area contributed by atoms with Crippen LogP contribution in [0.5, 0.6) is 0 Å². The van der Waals surface area contributed by atoms with E-state index in [1.807, 2.05) is 0 Å². The molecule has 1 aliphatic rings. The second-order valence-corrected chi connectivity index (χ2v) is 6.61. The molecule has 2 rings (SSSR count). The van der Waals surface area contributed by atoms with Gasteiger partial charge in [-0.1, -0.05) is 13.8 Å². The fourth-order valence-electron chi connectivity index (χ4n) is 3.04. The Balaban J connectivity index is 1.91. The van der Waals surface area contributed by atoms with Crippen molar-refractivity contribution in [3.8, 4) is 0 Å². The molecule has 8 heteroatoms. The third-order valence-electron chi connectivity index (χ3n) is 4.30. The number of halogens is 3. The maximum absolute atomic E-state index is 13.0. The molecule has 0 unspecified atom stereocenters. The second kappa shape index (κ2) is 6.78. The summed E-state index contributed by atoms with van der Waals surface area (Å²) >= 11 is 0. The Morgan fingerprint density at radius 3 is 2.67 bits per heavy atom. The van der Waals surface area contributed by atoms with Gasteiger partial charge in [0.25, 0.3) is 5.91 Å². The van der Waals surface area contributed by atoms with Gasteiger partial charge < -0.3 is 10.2 Å². The van der Waals surface area contributed by atoms with Gasteiger partial charge in [0.1, 0.15) is 0 Å². The number of nitrogens with zero attached hydrogens (tertiary/aromatic N) is 2. The molecule has 0 saturated carbocycles. The molecule has 0 spiro atoms. The van der Waals surface area contributed by atoms with Gasteiger partial charge in [-0.05, 0) is 24.0 Å². The van der Waals surface area contributed by atoms with E-state index in [1.165, 1.54) is 31.1 Å². The number of carbonyl (C=O) groups excluding carboxylic acids is 2. The Hall–Kier alpha value is -2.12. The van der Waals surface area contributed by atoms with E-state index in [1.54, 1.807) is 12.1 Å². The zero-order valence-electron chi connectivity index (χ0n) is 13.6. The average molecular weight is 343 g/mol. The van der Waals surface area contributed by atoms with Gasteiger partial charge in [0, 0.05) is 25.5 Å². The van der Waals surface area contributed by atoms with Crippen LogP contribution in [0.15, 0.2) is 24.5 Å². The molecule has 24 heavy (non-hydrogen) atoms. The van der Waals surface area contributed by atoms with E-state index in [0.717, 1.165) is 0 Å². The molecular weight excluding hydrogens is 323 g/mol. The zero-order chi connectivity index (χ0) is 18.0. The van der Waals surface area contributed by atoms with Gasteiger partial charge in [-0.3, -0.25) is 14.6 Å². The molecule has 0 bridgehead atoms. The Bertz CT molecular complexity index is 602. The average Bonchev–Trinajstić information content (AvgIpc) is 2.50. The highest BCUT2D eigenvalue weighted by Gasteiger charge is 2.51. The molecule has 1 aromatic heterocycles. The summed E-state index contributed by atoms with van der Waals surface area (Å²) in [6.07, 6.45) is -1.50. The summed E-state index contributed by atoms with van der Waals surface area (Å²) in [5.41, 5.74) is -0.735. The summed E-state index contributed by atoms with van der Waals surface area (Å²) in [6.45, 7) is 2.83. The first-order chi connectivity index (χ1) is 11.1. The van der Waals surface area contributed by atoms with E-state index in [2.05, 4.69) is 10.3 Å². The van der Waals surface area contributed by atoms with Crippen LogP contribution < -0.4 is 5.32 Å². The SMILES string of the molecule is CC1(C)CN(C(=O)CNC(=O)c2cccnc2)CC[C@@H]1C(F)(F)F. The van der Waals surface area contributed by atoms with Gasteiger partial charge in [-0.2, -0.15) is 13.2 Å². The van der Waals surface area contributed by atoms with Crippen LogP contribution in [0.4, 0.5) is 13.2 Å². The summed E-state index contributed by atoms with van der Waals surface area (Å²) in [6, 6.07) is 3.16. The van der Waals surface area contributed by atoms with Crippen LogP contribution in [-0.2, 0) is 4.79 Å². The zero-order valence-corrected chi connectivity index (χ0v) is 13.6. The Morgan fingerprint density at radius 1 is 1.42 bits per heavy atom. The highest BCUT2D eigenvalue weighted by molar-refractivity contribution is 5.96. The Morgan fingerprint density at radius 2 is 2.12 bits per heavy atom.